The Hall–Kier alpha value is -2.25. The molecule has 7 nitrogen and oxygen atoms in total. The minimum absolute atomic E-state index is 0.00872. The number of pyridine rings is 1. The number of ether oxygens (including phenoxy) is 1. The van der Waals surface area contributed by atoms with E-state index in [9.17, 15) is 4.79 Å². The number of carbonyl (C=O) groups is 1. The Balaban J connectivity index is 1.63. The second kappa shape index (κ2) is 8.22. The lowest BCUT2D eigenvalue weighted by Crippen LogP contribution is -2.32. The van der Waals surface area contributed by atoms with Gasteiger partial charge in [0.1, 0.15) is 12.4 Å². The van der Waals surface area contributed by atoms with Gasteiger partial charge in [-0.15, -0.1) is 0 Å². The molecule has 0 aliphatic carbocycles. The van der Waals surface area contributed by atoms with Crippen LogP contribution in [-0.2, 0) is 29.2 Å². The van der Waals surface area contributed by atoms with Gasteiger partial charge in [-0.3, -0.25) is 14.7 Å². The lowest BCUT2D eigenvalue weighted by atomic mass is 10.1. The number of rotatable bonds is 6. The highest BCUT2D eigenvalue weighted by atomic mass is 16.5. The lowest BCUT2D eigenvalue weighted by Gasteiger charge is -2.24. The highest BCUT2D eigenvalue weighted by Crippen LogP contribution is 2.18. The molecule has 3 heterocycles. The van der Waals surface area contributed by atoms with Crippen LogP contribution in [-0.4, -0.2) is 64.1 Å². The molecule has 0 saturated carbocycles. The largest absolute Gasteiger partial charge is 0.371 e. The maximum absolute atomic E-state index is 11.7. The molecule has 1 aliphatic heterocycles. The van der Waals surface area contributed by atoms with Crippen molar-refractivity contribution in [3.05, 3.63) is 48.3 Å². The van der Waals surface area contributed by atoms with Crippen molar-refractivity contribution in [2.75, 3.05) is 33.9 Å². The van der Waals surface area contributed by atoms with Crippen LogP contribution in [0, 0.1) is 5.92 Å². The van der Waals surface area contributed by atoms with Gasteiger partial charge in [-0.1, -0.05) is 0 Å². The predicted octanol–water partition coefficient (Wildman–Crippen LogP) is 1.01. The first-order valence-corrected chi connectivity index (χ1v) is 8.51. The molecule has 1 atom stereocenters. The van der Waals surface area contributed by atoms with Crippen molar-refractivity contribution in [3.63, 3.8) is 0 Å². The first-order valence-electron chi connectivity index (χ1n) is 8.51. The molecule has 0 bridgehead atoms. The van der Waals surface area contributed by atoms with Crippen LogP contribution >= 0.6 is 0 Å². The number of carbonyl (C=O) groups excluding carboxylic acids is 1. The maximum Gasteiger partial charge on any atom is 0.248 e. The third-order valence-corrected chi connectivity index (χ3v) is 4.37. The minimum Gasteiger partial charge on any atom is -0.371 e. The normalized spacial score (nSPS) is 17.8. The molecule has 0 saturated heterocycles. The van der Waals surface area contributed by atoms with Crippen LogP contribution in [0.2, 0.25) is 0 Å². The summed E-state index contributed by atoms with van der Waals surface area (Å²) in [6, 6.07) is 4.08. The van der Waals surface area contributed by atoms with Crippen LogP contribution in [0.25, 0.3) is 0 Å². The van der Waals surface area contributed by atoms with Crippen molar-refractivity contribution >= 4 is 5.91 Å². The van der Waals surface area contributed by atoms with Gasteiger partial charge in [0.05, 0.1) is 13.2 Å². The summed E-state index contributed by atoms with van der Waals surface area (Å²) in [6.07, 6.45) is 7.51. The second-order valence-electron chi connectivity index (χ2n) is 6.69. The molecule has 0 spiro atoms. The van der Waals surface area contributed by atoms with Crippen molar-refractivity contribution < 1.29 is 9.53 Å². The third-order valence-electron chi connectivity index (χ3n) is 4.37. The van der Waals surface area contributed by atoms with Crippen molar-refractivity contribution in [3.8, 4) is 0 Å². The van der Waals surface area contributed by atoms with E-state index in [2.05, 4.69) is 19.4 Å². The van der Waals surface area contributed by atoms with E-state index in [1.807, 2.05) is 36.9 Å². The van der Waals surface area contributed by atoms with Crippen molar-refractivity contribution in [1.82, 2.24) is 24.3 Å². The van der Waals surface area contributed by atoms with E-state index in [-0.39, 0.29) is 12.5 Å². The SMILES string of the molecule is CN(C)C(=O)COC[C@H]1CN(Cc2ccncc2)Cc2nccn2C1. The Labute approximate surface area is 148 Å². The summed E-state index contributed by atoms with van der Waals surface area (Å²) in [5.74, 6) is 1.37. The van der Waals surface area contributed by atoms with Crippen LogP contribution in [0.3, 0.4) is 0 Å². The summed E-state index contributed by atoms with van der Waals surface area (Å²) in [5, 5.41) is 0. The molecule has 25 heavy (non-hydrogen) atoms. The smallest absolute Gasteiger partial charge is 0.248 e. The molecule has 7 heteroatoms. The van der Waals surface area contributed by atoms with Gasteiger partial charge >= 0.3 is 0 Å². The Morgan fingerprint density at radius 2 is 2.08 bits per heavy atom. The van der Waals surface area contributed by atoms with Gasteiger partial charge in [0.15, 0.2) is 0 Å². The van der Waals surface area contributed by atoms with E-state index < -0.39 is 0 Å². The Kier molecular flexibility index (Phi) is 5.78. The van der Waals surface area contributed by atoms with Gasteiger partial charge in [0.2, 0.25) is 5.91 Å². The molecule has 3 rings (SSSR count). The van der Waals surface area contributed by atoms with Crippen LogP contribution < -0.4 is 0 Å². The molecule has 0 unspecified atom stereocenters. The fourth-order valence-electron chi connectivity index (χ4n) is 3.04. The first-order chi connectivity index (χ1) is 12.1. The van der Waals surface area contributed by atoms with Gasteiger partial charge in [-0.25, -0.2) is 4.98 Å². The molecule has 2 aromatic rings. The Morgan fingerprint density at radius 3 is 2.84 bits per heavy atom. The molecule has 2 aromatic heterocycles. The van der Waals surface area contributed by atoms with Crippen LogP contribution in [0.4, 0.5) is 0 Å². The molecular weight excluding hydrogens is 318 g/mol. The topological polar surface area (TPSA) is 63.5 Å². The number of nitrogens with zero attached hydrogens (tertiary/aromatic N) is 5. The number of fused-ring (bicyclic) bond motifs is 1. The first kappa shape index (κ1) is 17.6. The fraction of sp³-hybridized carbons (Fsp3) is 0.500. The Bertz CT molecular complexity index is 686. The standard InChI is InChI=1S/C18H25N5O2/c1-21(2)18(24)14-25-13-16-10-22(9-15-3-5-19-6-4-15)12-17-20-7-8-23(17)11-16/h3-8,16H,9-14H2,1-2H3/t16-/m0/s1. The van der Waals surface area contributed by atoms with E-state index in [0.29, 0.717) is 12.5 Å². The van der Waals surface area contributed by atoms with Gasteiger partial charge in [-0.2, -0.15) is 0 Å². The van der Waals surface area contributed by atoms with Crippen LogP contribution in [0.1, 0.15) is 11.4 Å². The van der Waals surface area contributed by atoms with Gasteiger partial charge < -0.3 is 14.2 Å². The summed E-state index contributed by atoms with van der Waals surface area (Å²) in [7, 11) is 3.48. The van der Waals surface area contributed by atoms with Crippen LogP contribution in [0.5, 0.6) is 0 Å². The van der Waals surface area contributed by atoms with Crippen molar-refractivity contribution in [2.45, 2.75) is 19.6 Å². The summed E-state index contributed by atoms with van der Waals surface area (Å²) in [5.41, 5.74) is 1.23. The molecule has 0 N–H and O–H groups in total. The number of hydrogen-bond acceptors (Lipinski definition) is 5. The number of imidazole rings is 1. The van der Waals surface area contributed by atoms with E-state index in [1.165, 1.54) is 5.56 Å². The summed E-state index contributed by atoms with van der Waals surface area (Å²) < 4.78 is 7.87. The molecule has 0 aromatic carbocycles. The highest BCUT2D eigenvalue weighted by molar-refractivity contribution is 5.76. The Morgan fingerprint density at radius 1 is 1.28 bits per heavy atom. The number of amides is 1. The van der Waals surface area contributed by atoms with Crippen LogP contribution in [0.15, 0.2) is 36.9 Å². The predicted molar refractivity (Wildman–Crippen MR) is 93.6 cm³/mol. The number of likely N-dealkylation sites (N-methyl/N-ethyl adjacent to an activating group) is 1. The lowest BCUT2D eigenvalue weighted by molar-refractivity contribution is -0.134. The monoisotopic (exact) mass is 343 g/mol. The second-order valence-corrected chi connectivity index (χ2v) is 6.69. The quantitative estimate of drug-likeness (QED) is 0.783. The van der Waals surface area contributed by atoms with Gasteiger partial charge in [0, 0.05) is 64.4 Å². The summed E-state index contributed by atoms with van der Waals surface area (Å²) >= 11 is 0. The highest BCUT2D eigenvalue weighted by Gasteiger charge is 2.23. The molecule has 1 amide bonds. The van der Waals surface area contributed by atoms with E-state index in [1.54, 1.807) is 19.0 Å². The summed E-state index contributed by atoms with van der Waals surface area (Å²) in [4.78, 5) is 24.2. The maximum atomic E-state index is 11.7. The van der Waals surface area contributed by atoms with Crippen molar-refractivity contribution in [2.24, 2.45) is 5.92 Å². The molecular formula is C18H25N5O2. The van der Waals surface area contributed by atoms with E-state index >= 15 is 0 Å². The zero-order valence-electron chi connectivity index (χ0n) is 14.8. The van der Waals surface area contributed by atoms with E-state index in [0.717, 1.165) is 32.0 Å². The van der Waals surface area contributed by atoms with Gasteiger partial charge in [0.25, 0.3) is 0 Å². The number of aromatic nitrogens is 3. The molecule has 1 aliphatic rings. The minimum atomic E-state index is -0.00872. The fourth-order valence-corrected chi connectivity index (χ4v) is 3.04. The average Bonchev–Trinajstić information content (AvgIpc) is 2.95. The molecule has 0 radical (unpaired) electrons. The van der Waals surface area contributed by atoms with E-state index in [4.69, 9.17) is 4.74 Å². The van der Waals surface area contributed by atoms with Crippen molar-refractivity contribution in [1.29, 1.82) is 0 Å². The zero-order chi connectivity index (χ0) is 17.6. The molecule has 0 fully saturated rings. The summed E-state index contributed by atoms with van der Waals surface area (Å²) in [6.45, 7) is 4.11. The van der Waals surface area contributed by atoms with Gasteiger partial charge in [-0.05, 0) is 17.7 Å². The number of hydrogen-bond donors (Lipinski definition) is 0. The molecule has 134 valence electrons. The zero-order valence-corrected chi connectivity index (χ0v) is 14.8. The third kappa shape index (κ3) is 4.87. The average molecular weight is 343 g/mol.